The summed E-state index contributed by atoms with van der Waals surface area (Å²) in [6.45, 7) is 7.71. The average molecular weight is 557 g/mol. The second-order valence-corrected chi connectivity index (χ2v) is 8.59. The standard InChI is InChI=1S/C25H32O14/c1-7-16-17(8-9-26)18(23(31)32-6)10-34-24(16)39-25-22(37-15(5)30)21(36-14(4)29)20(35-13(3)28)19(38-25)11-33-12(2)27/h7,9-10,16-17,19-22,24-25H,1,8,11H2,2-6H3/t16-,17+,19+,20+,21-,22+,24-,25-/m0/s1. The number of methoxy groups -OCH3 is 1. The van der Waals surface area contributed by atoms with Crippen molar-refractivity contribution in [3.8, 4) is 0 Å². The Balaban J connectivity index is 2.51. The summed E-state index contributed by atoms with van der Waals surface area (Å²) in [5.74, 6) is -5.36. The number of hydrogen-bond acceptors (Lipinski definition) is 14. The Morgan fingerprint density at radius 3 is 2.00 bits per heavy atom. The highest BCUT2D eigenvalue weighted by atomic mass is 16.8. The van der Waals surface area contributed by atoms with Crippen LogP contribution in [0.1, 0.15) is 34.1 Å². The lowest BCUT2D eigenvalue weighted by molar-refractivity contribution is -0.342. The number of rotatable bonds is 11. The SMILES string of the molecule is C=C[C@@H]1[C@H](O[C@@H]2O[C@H](COC(C)=O)[C@@H](OC(C)=O)[C@H](OC(C)=O)[C@H]2OC(C)=O)OC=C(C(=O)OC)[C@@H]1CC=O. The van der Waals surface area contributed by atoms with E-state index in [-0.39, 0.29) is 12.0 Å². The summed E-state index contributed by atoms with van der Waals surface area (Å²) in [7, 11) is 1.17. The smallest absolute Gasteiger partial charge is 0.337 e. The van der Waals surface area contributed by atoms with Gasteiger partial charge in [0.15, 0.2) is 18.3 Å². The van der Waals surface area contributed by atoms with Gasteiger partial charge in [-0.1, -0.05) is 6.08 Å². The van der Waals surface area contributed by atoms with E-state index in [2.05, 4.69) is 6.58 Å². The lowest BCUT2D eigenvalue weighted by Crippen LogP contribution is -2.63. The molecule has 0 aromatic heterocycles. The van der Waals surface area contributed by atoms with Crippen LogP contribution in [0.5, 0.6) is 0 Å². The second-order valence-electron chi connectivity index (χ2n) is 8.59. The molecule has 0 amide bonds. The molecule has 1 fully saturated rings. The first kappa shape index (κ1) is 31.4. The zero-order valence-electron chi connectivity index (χ0n) is 22.2. The molecule has 216 valence electrons. The fourth-order valence-corrected chi connectivity index (χ4v) is 4.25. The van der Waals surface area contributed by atoms with Crippen molar-refractivity contribution >= 4 is 36.1 Å². The minimum absolute atomic E-state index is 0.0656. The van der Waals surface area contributed by atoms with Gasteiger partial charge in [0.2, 0.25) is 12.6 Å². The first-order valence-corrected chi connectivity index (χ1v) is 11.9. The monoisotopic (exact) mass is 556 g/mol. The van der Waals surface area contributed by atoms with Gasteiger partial charge in [0, 0.05) is 46.0 Å². The second kappa shape index (κ2) is 14.4. The van der Waals surface area contributed by atoms with Gasteiger partial charge in [0.25, 0.3) is 0 Å². The van der Waals surface area contributed by atoms with Crippen LogP contribution in [-0.4, -0.2) is 86.8 Å². The maximum Gasteiger partial charge on any atom is 0.337 e. The van der Waals surface area contributed by atoms with Crippen LogP contribution in [0.3, 0.4) is 0 Å². The third kappa shape index (κ3) is 8.35. The summed E-state index contributed by atoms with van der Waals surface area (Å²) in [5.41, 5.74) is 0.0656. The number of esters is 5. The fraction of sp³-hybridized carbons (Fsp3) is 0.600. The molecule has 0 aliphatic carbocycles. The van der Waals surface area contributed by atoms with Crippen LogP contribution < -0.4 is 0 Å². The number of ether oxygens (including phenoxy) is 8. The minimum atomic E-state index is -1.54. The zero-order chi connectivity index (χ0) is 29.3. The molecule has 0 unspecified atom stereocenters. The summed E-state index contributed by atoms with van der Waals surface area (Å²) in [5, 5.41) is 0. The molecule has 0 bridgehead atoms. The van der Waals surface area contributed by atoms with Crippen LogP contribution in [0, 0.1) is 11.8 Å². The molecule has 39 heavy (non-hydrogen) atoms. The summed E-state index contributed by atoms with van der Waals surface area (Å²) < 4.78 is 43.4. The third-order valence-corrected chi connectivity index (χ3v) is 5.77. The van der Waals surface area contributed by atoms with Crippen LogP contribution in [0.4, 0.5) is 0 Å². The van der Waals surface area contributed by atoms with Crippen LogP contribution in [-0.2, 0) is 66.7 Å². The Morgan fingerprint density at radius 1 is 0.897 bits per heavy atom. The first-order valence-electron chi connectivity index (χ1n) is 11.9. The molecule has 14 nitrogen and oxygen atoms in total. The van der Waals surface area contributed by atoms with Gasteiger partial charge < -0.3 is 42.7 Å². The predicted molar refractivity (Wildman–Crippen MR) is 126 cm³/mol. The van der Waals surface area contributed by atoms with Crippen molar-refractivity contribution in [2.45, 2.75) is 71.1 Å². The molecule has 0 aromatic carbocycles. The molecule has 2 aliphatic rings. The van der Waals surface area contributed by atoms with Crippen molar-refractivity contribution < 1.29 is 66.7 Å². The predicted octanol–water partition coefficient (Wildman–Crippen LogP) is 0.507. The van der Waals surface area contributed by atoms with Gasteiger partial charge >= 0.3 is 29.8 Å². The molecule has 2 heterocycles. The minimum Gasteiger partial charge on any atom is -0.471 e. The van der Waals surface area contributed by atoms with E-state index in [9.17, 15) is 28.8 Å². The molecule has 14 heteroatoms. The van der Waals surface area contributed by atoms with E-state index < -0.39 is 85.3 Å². The summed E-state index contributed by atoms with van der Waals surface area (Å²) in [4.78, 5) is 71.0. The summed E-state index contributed by atoms with van der Waals surface area (Å²) >= 11 is 0. The maximum atomic E-state index is 12.2. The van der Waals surface area contributed by atoms with Gasteiger partial charge in [0.1, 0.15) is 19.0 Å². The van der Waals surface area contributed by atoms with E-state index in [4.69, 9.17) is 37.9 Å². The van der Waals surface area contributed by atoms with E-state index in [1.165, 1.54) is 13.2 Å². The highest BCUT2D eigenvalue weighted by Crippen LogP contribution is 2.37. The lowest BCUT2D eigenvalue weighted by Gasteiger charge is -2.45. The molecular weight excluding hydrogens is 524 g/mol. The third-order valence-electron chi connectivity index (χ3n) is 5.77. The number of carbonyl (C=O) groups excluding carboxylic acids is 6. The van der Waals surface area contributed by atoms with Gasteiger partial charge in [0.05, 0.1) is 18.9 Å². The number of aldehydes is 1. The van der Waals surface area contributed by atoms with Crippen LogP contribution in [0.15, 0.2) is 24.5 Å². The van der Waals surface area contributed by atoms with Gasteiger partial charge in [-0.25, -0.2) is 4.79 Å². The van der Waals surface area contributed by atoms with Crippen molar-refractivity contribution in [1.29, 1.82) is 0 Å². The van der Waals surface area contributed by atoms with E-state index in [0.717, 1.165) is 34.0 Å². The van der Waals surface area contributed by atoms with Crippen molar-refractivity contribution in [3.63, 3.8) is 0 Å². The largest absolute Gasteiger partial charge is 0.471 e. The molecule has 1 saturated heterocycles. The summed E-state index contributed by atoms with van der Waals surface area (Å²) in [6.07, 6.45) is -5.36. The molecule has 8 atom stereocenters. The fourth-order valence-electron chi connectivity index (χ4n) is 4.25. The van der Waals surface area contributed by atoms with Gasteiger partial charge in [-0.15, -0.1) is 6.58 Å². The lowest BCUT2D eigenvalue weighted by atomic mass is 9.82. The molecule has 0 N–H and O–H groups in total. The van der Waals surface area contributed by atoms with Gasteiger partial charge in [-0.05, 0) is 0 Å². The Hall–Kier alpha value is -3.78. The first-order chi connectivity index (χ1) is 18.4. The molecule has 2 rings (SSSR count). The molecule has 2 aliphatic heterocycles. The highest BCUT2D eigenvalue weighted by Gasteiger charge is 2.54. The molecule has 0 saturated carbocycles. The quantitative estimate of drug-likeness (QED) is 0.149. The average Bonchev–Trinajstić information content (AvgIpc) is 2.85. The van der Waals surface area contributed by atoms with Gasteiger partial charge in [-0.2, -0.15) is 0 Å². The van der Waals surface area contributed by atoms with Crippen molar-refractivity contribution in [1.82, 2.24) is 0 Å². The Bertz CT molecular complexity index is 987. The highest BCUT2D eigenvalue weighted by molar-refractivity contribution is 5.89. The van der Waals surface area contributed by atoms with Crippen molar-refractivity contribution in [2.75, 3.05) is 13.7 Å². The number of carbonyl (C=O) groups is 6. The van der Waals surface area contributed by atoms with E-state index in [0.29, 0.717) is 6.29 Å². The topological polar surface area (TPSA) is 176 Å². The molecule has 0 aromatic rings. The Morgan fingerprint density at radius 2 is 1.49 bits per heavy atom. The molecular formula is C25H32O14. The van der Waals surface area contributed by atoms with Crippen LogP contribution in [0.2, 0.25) is 0 Å². The van der Waals surface area contributed by atoms with Crippen LogP contribution in [0.25, 0.3) is 0 Å². The normalized spacial score (nSPS) is 29.9. The zero-order valence-corrected chi connectivity index (χ0v) is 22.2. The van der Waals surface area contributed by atoms with Gasteiger partial charge in [-0.3, -0.25) is 19.2 Å². The Kier molecular flexibility index (Phi) is 11.6. The Labute approximate surface area is 224 Å². The van der Waals surface area contributed by atoms with E-state index >= 15 is 0 Å². The maximum absolute atomic E-state index is 12.2. The summed E-state index contributed by atoms with van der Waals surface area (Å²) in [6, 6.07) is 0. The molecule has 0 spiro atoms. The number of hydrogen-bond donors (Lipinski definition) is 0. The van der Waals surface area contributed by atoms with E-state index in [1.807, 2.05) is 0 Å². The van der Waals surface area contributed by atoms with Crippen molar-refractivity contribution in [2.24, 2.45) is 11.8 Å². The van der Waals surface area contributed by atoms with Crippen molar-refractivity contribution in [3.05, 3.63) is 24.5 Å². The van der Waals surface area contributed by atoms with Crippen LogP contribution >= 0.6 is 0 Å². The van der Waals surface area contributed by atoms with E-state index in [1.54, 1.807) is 0 Å². The molecule has 0 radical (unpaired) electrons.